The van der Waals surface area contributed by atoms with E-state index in [9.17, 15) is 0 Å². The molecule has 3 N–H and O–H groups in total. The first-order chi connectivity index (χ1) is 9.76. The molecule has 20 heavy (non-hydrogen) atoms. The molecule has 2 heterocycles. The first-order valence-electron chi connectivity index (χ1n) is 7.03. The van der Waals surface area contributed by atoms with E-state index in [-0.39, 0.29) is 6.61 Å². The molecule has 0 unspecified atom stereocenters. The van der Waals surface area contributed by atoms with Gasteiger partial charge in [0.25, 0.3) is 0 Å². The van der Waals surface area contributed by atoms with Gasteiger partial charge in [0.15, 0.2) is 11.5 Å². The summed E-state index contributed by atoms with van der Waals surface area (Å²) in [6, 6.07) is 0. The smallest absolute Gasteiger partial charge is 0.226 e. The predicted octanol–water partition coefficient (Wildman–Crippen LogP) is 1.38. The van der Waals surface area contributed by atoms with E-state index in [1.807, 2.05) is 14.0 Å². The first kappa shape index (κ1) is 14.5. The fourth-order valence-electron chi connectivity index (χ4n) is 2.07. The van der Waals surface area contributed by atoms with Crippen molar-refractivity contribution in [3.05, 3.63) is 6.33 Å². The molecule has 110 valence electrons. The summed E-state index contributed by atoms with van der Waals surface area (Å²) in [5.41, 5.74) is 1.53. The van der Waals surface area contributed by atoms with Crippen molar-refractivity contribution in [3.8, 4) is 0 Å². The third-order valence-corrected chi connectivity index (χ3v) is 3.11. The van der Waals surface area contributed by atoms with Crippen molar-refractivity contribution in [2.45, 2.75) is 26.2 Å². The second-order valence-electron chi connectivity index (χ2n) is 4.71. The van der Waals surface area contributed by atoms with Crippen molar-refractivity contribution in [3.63, 3.8) is 0 Å². The zero-order valence-electron chi connectivity index (χ0n) is 12.1. The normalized spacial score (nSPS) is 10.9. The number of hydrogen-bond donors (Lipinski definition) is 3. The molecule has 0 fully saturated rings. The molecule has 2 aromatic rings. The zero-order valence-corrected chi connectivity index (χ0v) is 12.1. The quantitative estimate of drug-likeness (QED) is 0.632. The number of imidazole rings is 1. The SMILES string of the molecule is CCNc1nc(N(C)CCCCCO)c2[nH]cnc2n1. The van der Waals surface area contributed by atoms with Crippen molar-refractivity contribution >= 4 is 22.9 Å². The molecule has 7 nitrogen and oxygen atoms in total. The average Bonchev–Trinajstić information content (AvgIpc) is 2.91. The lowest BCUT2D eigenvalue weighted by atomic mass is 10.2. The molecule has 0 aliphatic rings. The molecule has 0 spiro atoms. The maximum Gasteiger partial charge on any atom is 0.226 e. The van der Waals surface area contributed by atoms with Crippen LogP contribution in [0.25, 0.3) is 11.2 Å². The Bertz CT molecular complexity index is 541. The van der Waals surface area contributed by atoms with E-state index in [4.69, 9.17) is 5.11 Å². The second-order valence-corrected chi connectivity index (χ2v) is 4.71. The summed E-state index contributed by atoms with van der Waals surface area (Å²) in [4.78, 5) is 18.3. The van der Waals surface area contributed by atoms with Gasteiger partial charge in [-0.15, -0.1) is 0 Å². The molecule has 0 saturated heterocycles. The van der Waals surface area contributed by atoms with Crippen LogP contribution in [0.4, 0.5) is 11.8 Å². The van der Waals surface area contributed by atoms with Crippen molar-refractivity contribution in [2.75, 3.05) is 37.0 Å². The Morgan fingerprint density at radius 2 is 2.15 bits per heavy atom. The summed E-state index contributed by atoms with van der Waals surface area (Å²) in [5, 5.41) is 11.9. The van der Waals surface area contributed by atoms with Gasteiger partial charge in [0.1, 0.15) is 5.52 Å². The molecule has 0 atom stereocenters. The van der Waals surface area contributed by atoms with Crippen molar-refractivity contribution in [2.24, 2.45) is 0 Å². The summed E-state index contributed by atoms with van der Waals surface area (Å²) in [7, 11) is 2.01. The topological polar surface area (TPSA) is 90.0 Å². The molecule has 0 saturated carbocycles. The highest BCUT2D eigenvalue weighted by molar-refractivity contribution is 5.84. The largest absolute Gasteiger partial charge is 0.396 e. The predicted molar refractivity (Wildman–Crippen MR) is 80.1 cm³/mol. The van der Waals surface area contributed by atoms with Gasteiger partial charge in [0, 0.05) is 26.7 Å². The maximum atomic E-state index is 8.80. The lowest BCUT2D eigenvalue weighted by Crippen LogP contribution is -2.21. The van der Waals surface area contributed by atoms with E-state index < -0.39 is 0 Å². The Morgan fingerprint density at radius 1 is 1.30 bits per heavy atom. The van der Waals surface area contributed by atoms with Crippen LogP contribution in [-0.4, -0.2) is 51.8 Å². The Morgan fingerprint density at radius 3 is 2.90 bits per heavy atom. The number of rotatable bonds is 8. The number of anilines is 2. The molecule has 7 heteroatoms. The van der Waals surface area contributed by atoms with Crippen LogP contribution >= 0.6 is 0 Å². The van der Waals surface area contributed by atoms with E-state index in [0.717, 1.165) is 43.7 Å². The van der Waals surface area contributed by atoms with E-state index in [1.165, 1.54) is 0 Å². The van der Waals surface area contributed by atoms with Gasteiger partial charge >= 0.3 is 0 Å². The number of unbranched alkanes of at least 4 members (excludes halogenated alkanes) is 2. The van der Waals surface area contributed by atoms with E-state index in [0.29, 0.717) is 11.6 Å². The second kappa shape index (κ2) is 7.04. The van der Waals surface area contributed by atoms with E-state index in [2.05, 4.69) is 30.2 Å². The minimum Gasteiger partial charge on any atom is -0.396 e. The zero-order chi connectivity index (χ0) is 14.4. The van der Waals surface area contributed by atoms with Gasteiger partial charge in [-0.05, 0) is 26.2 Å². The van der Waals surface area contributed by atoms with Crippen molar-refractivity contribution in [1.29, 1.82) is 0 Å². The number of aliphatic hydroxyl groups is 1. The molecule has 0 aliphatic heterocycles. The van der Waals surface area contributed by atoms with Gasteiger partial charge in [0.2, 0.25) is 5.95 Å². The molecular formula is C13H22N6O. The monoisotopic (exact) mass is 278 g/mol. The van der Waals surface area contributed by atoms with E-state index >= 15 is 0 Å². The number of aromatic amines is 1. The van der Waals surface area contributed by atoms with Crippen LogP contribution in [0.5, 0.6) is 0 Å². The Balaban J connectivity index is 2.15. The van der Waals surface area contributed by atoms with Crippen LogP contribution in [-0.2, 0) is 0 Å². The first-order valence-corrected chi connectivity index (χ1v) is 7.03. The Kier molecular flexibility index (Phi) is 5.11. The standard InChI is InChI=1S/C13H22N6O/c1-3-14-13-17-11-10(15-9-16-11)12(18-13)19(2)7-5-4-6-8-20/h9,20H,3-8H2,1-2H3,(H2,14,15,16,17,18). The fraction of sp³-hybridized carbons (Fsp3) is 0.615. The highest BCUT2D eigenvalue weighted by atomic mass is 16.2. The third kappa shape index (κ3) is 3.36. The molecule has 2 aromatic heterocycles. The number of H-pyrrole nitrogens is 1. The number of aromatic nitrogens is 4. The summed E-state index contributed by atoms with van der Waals surface area (Å²) in [6.45, 7) is 3.93. The number of nitrogens with one attached hydrogen (secondary N) is 2. The Hall–Kier alpha value is -1.89. The summed E-state index contributed by atoms with van der Waals surface area (Å²) >= 11 is 0. The summed E-state index contributed by atoms with van der Waals surface area (Å²) in [6.07, 6.45) is 4.52. The Labute approximate surface area is 118 Å². The molecule has 2 rings (SSSR count). The van der Waals surface area contributed by atoms with Crippen LogP contribution in [0.1, 0.15) is 26.2 Å². The molecule has 0 bridgehead atoms. The van der Waals surface area contributed by atoms with Gasteiger partial charge < -0.3 is 20.3 Å². The van der Waals surface area contributed by atoms with E-state index in [1.54, 1.807) is 6.33 Å². The summed E-state index contributed by atoms with van der Waals surface area (Å²) in [5.74, 6) is 1.46. The lowest BCUT2D eigenvalue weighted by molar-refractivity contribution is 0.283. The van der Waals surface area contributed by atoms with Crippen LogP contribution in [0, 0.1) is 0 Å². The number of fused-ring (bicyclic) bond motifs is 1. The summed E-state index contributed by atoms with van der Waals surface area (Å²) < 4.78 is 0. The van der Waals surface area contributed by atoms with Crippen LogP contribution in [0.15, 0.2) is 6.33 Å². The average molecular weight is 278 g/mol. The fourth-order valence-corrected chi connectivity index (χ4v) is 2.07. The number of aliphatic hydroxyl groups excluding tert-OH is 1. The minimum atomic E-state index is 0.257. The number of hydrogen-bond acceptors (Lipinski definition) is 6. The maximum absolute atomic E-state index is 8.80. The number of nitrogens with zero attached hydrogens (tertiary/aromatic N) is 4. The molecular weight excluding hydrogens is 256 g/mol. The highest BCUT2D eigenvalue weighted by Crippen LogP contribution is 2.22. The third-order valence-electron chi connectivity index (χ3n) is 3.11. The van der Waals surface area contributed by atoms with Crippen LogP contribution in [0.3, 0.4) is 0 Å². The van der Waals surface area contributed by atoms with Crippen molar-refractivity contribution in [1.82, 2.24) is 19.9 Å². The van der Waals surface area contributed by atoms with Crippen LogP contribution < -0.4 is 10.2 Å². The van der Waals surface area contributed by atoms with Crippen molar-refractivity contribution < 1.29 is 5.11 Å². The van der Waals surface area contributed by atoms with Gasteiger partial charge in [0.05, 0.1) is 6.33 Å². The van der Waals surface area contributed by atoms with Gasteiger partial charge in [-0.3, -0.25) is 0 Å². The molecule has 0 aromatic carbocycles. The molecule has 0 radical (unpaired) electrons. The van der Waals surface area contributed by atoms with Gasteiger partial charge in [-0.2, -0.15) is 9.97 Å². The lowest BCUT2D eigenvalue weighted by Gasteiger charge is -2.19. The van der Waals surface area contributed by atoms with Gasteiger partial charge in [-0.1, -0.05) is 0 Å². The molecule has 0 aliphatic carbocycles. The molecule has 0 amide bonds. The minimum absolute atomic E-state index is 0.257. The van der Waals surface area contributed by atoms with Crippen LogP contribution in [0.2, 0.25) is 0 Å². The highest BCUT2D eigenvalue weighted by Gasteiger charge is 2.13. The van der Waals surface area contributed by atoms with Gasteiger partial charge in [-0.25, -0.2) is 4.98 Å².